The summed E-state index contributed by atoms with van der Waals surface area (Å²) in [7, 11) is 0. The van der Waals surface area contributed by atoms with Crippen molar-refractivity contribution in [3.05, 3.63) is 29.3 Å². The summed E-state index contributed by atoms with van der Waals surface area (Å²) < 4.78 is 1.08. The Morgan fingerprint density at radius 1 is 1.47 bits per heavy atom. The van der Waals surface area contributed by atoms with Gasteiger partial charge in [0.15, 0.2) is 0 Å². The highest BCUT2D eigenvalue weighted by Crippen LogP contribution is 2.20. The van der Waals surface area contributed by atoms with Crippen LogP contribution >= 0.6 is 11.3 Å². The number of nitrogens with zero attached hydrogens (tertiary/aromatic N) is 2. The van der Waals surface area contributed by atoms with Crippen molar-refractivity contribution < 1.29 is 9.90 Å². The van der Waals surface area contributed by atoms with Crippen LogP contribution in [0.15, 0.2) is 29.3 Å². The molecule has 0 aliphatic heterocycles. The zero-order chi connectivity index (χ0) is 13.8. The van der Waals surface area contributed by atoms with Gasteiger partial charge in [-0.15, -0.1) is 11.3 Å². The van der Waals surface area contributed by atoms with E-state index >= 15 is 0 Å². The zero-order valence-electron chi connectivity index (χ0n) is 10.9. The first-order chi connectivity index (χ1) is 9.06. The van der Waals surface area contributed by atoms with Crippen molar-refractivity contribution in [3.8, 4) is 0 Å². The predicted molar refractivity (Wildman–Crippen MR) is 78.1 cm³/mol. The van der Waals surface area contributed by atoms with Crippen molar-refractivity contribution in [1.29, 1.82) is 0 Å². The first-order valence-electron chi connectivity index (χ1n) is 6.18. The molecule has 5 heteroatoms. The van der Waals surface area contributed by atoms with Crippen LogP contribution in [-0.4, -0.2) is 28.3 Å². The molecule has 1 heterocycles. The van der Waals surface area contributed by atoms with Crippen LogP contribution in [0.3, 0.4) is 0 Å². The lowest BCUT2D eigenvalue weighted by Gasteiger charge is -2.09. The van der Waals surface area contributed by atoms with Gasteiger partial charge in [0.1, 0.15) is 11.0 Å². The minimum Gasteiger partial charge on any atom is -0.480 e. The maximum absolute atomic E-state index is 11.1. The van der Waals surface area contributed by atoms with Crippen LogP contribution in [0.2, 0.25) is 0 Å². The fourth-order valence-electron chi connectivity index (χ4n) is 1.77. The number of aromatic nitrogens is 1. The number of para-hydroxylation sites is 1. The summed E-state index contributed by atoms with van der Waals surface area (Å²) in [6, 6.07) is 7.13. The molecule has 0 saturated heterocycles. The van der Waals surface area contributed by atoms with Gasteiger partial charge < -0.3 is 5.11 Å². The van der Waals surface area contributed by atoms with E-state index < -0.39 is 12.0 Å². The minimum atomic E-state index is -0.883. The Morgan fingerprint density at radius 2 is 2.21 bits per heavy atom. The second-order valence-corrected chi connectivity index (χ2v) is 5.84. The summed E-state index contributed by atoms with van der Waals surface area (Å²) in [6.45, 7) is 3.98. The maximum atomic E-state index is 11.1. The Hall–Kier alpha value is -1.75. The van der Waals surface area contributed by atoms with Gasteiger partial charge in [0, 0.05) is 0 Å². The Labute approximate surface area is 115 Å². The maximum Gasteiger partial charge on any atom is 0.328 e. The van der Waals surface area contributed by atoms with E-state index in [9.17, 15) is 4.79 Å². The van der Waals surface area contributed by atoms with Crippen molar-refractivity contribution in [2.24, 2.45) is 10.9 Å². The predicted octanol–water partition coefficient (Wildman–Crippen LogP) is 3.21. The average molecular weight is 276 g/mol. The van der Waals surface area contributed by atoms with Gasteiger partial charge in [-0.1, -0.05) is 26.0 Å². The summed E-state index contributed by atoms with van der Waals surface area (Å²) in [5, 5.41) is 9.86. The quantitative estimate of drug-likeness (QED) is 0.853. The normalized spacial score (nSPS) is 13.4. The number of hydrogen-bond donors (Lipinski definition) is 1. The third-order valence-corrected chi connectivity index (χ3v) is 3.63. The van der Waals surface area contributed by atoms with Gasteiger partial charge in [0.25, 0.3) is 0 Å². The molecule has 2 rings (SSSR count). The smallest absolute Gasteiger partial charge is 0.328 e. The van der Waals surface area contributed by atoms with Crippen molar-refractivity contribution in [3.63, 3.8) is 0 Å². The lowest BCUT2D eigenvalue weighted by atomic mass is 10.0. The molecule has 0 bridgehead atoms. The highest BCUT2D eigenvalue weighted by Gasteiger charge is 2.16. The van der Waals surface area contributed by atoms with Crippen LogP contribution in [-0.2, 0) is 4.79 Å². The number of thiazole rings is 1. The highest BCUT2D eigenvalue weighted by molar-refractivity contribution is 7.20. The molecule has 0 amide bonds. The van der Waals surface area contributed by atoms with Crippen LogP contribution in [0.4, 0.5) is 0 Å². The van der Waals surface area contributed by atoms with Gasteiger partial charge in [-0.05, 0) is 24.5 Å². The topological polar surface area (TPSA) is 62.5 Å². The fraction of sp³-hybridized carbons (Fsp3) is 0.357. The summed E-state index contributed by atoms with van der Waals surface area (Å²) in [5.41, 5.74) is 0.921. The first kappa shape index (κ1) is 13.7. The molecule has 2 aromatic rings. The molecule has 1 N–H and O–H groups in total. The molecule has 0 aliphatic rings. The van der Waals surface area contributed by atoms with Gasteiger partial charge in [0.2, 0.25) is 0 Å². The molecule has 0 saturated carbocycles. The second-order valence-electron chi connectivity index (χ2n) is 4.78. The van der Waals surface area contributed by atoms with Crippen molar-refractivity contribution in [1.82, 2.24) is 4.98 Å². The van der Waals surface area contributed by atoms with Gasteiger partial charge in [-0.25, -0.2) is 9.78 Å². The van der Waals surface area contributed by atoms with Crippen molar-refractivity contribution in [2.75, 3.05) is 0 Å². The van der Waals surface area contributed by atoms with Gasteiger partial charge in [-0.3, -0.25) is 4.99 Å². The highest BCUT2D eigenvalue weighted by atomic mass is 32.1. The van der Waals surface area contributed by atoms with E-state index in [2.05, 4.69) is 9.98 Å². The standard InChI is InChI=1S/C14H16N2O2S/c1-9(2)7-11(14(17)18)15-8-13-16-10-5-3-4-6-12(10)19-13/h3-6,8-9,11H,7H2,1-2H3,(H,17,18). The molecule has 0 spiro atoms. The van der Waals surface area contributed by atoms with Gasteiger partial charge >= 0.3 is 5.97 Å². The second kappa shape index (κ2) is 5.93. The third-order valence-electron chi connectivity index (χ3n) is 2.66. The number of benzene rings is 1. The number of fused-ring (bicyclic) bond motifs is 1. The Kier molecular flexibility index (Phi) is 4.27. The molecular weight excluding hydrogens is 260 g/mol. The number of aliphatic carboxylic acids is 1. The molecule has 4 nitrogen and oxygen atoms in total. The molecule has 0 aliphatic carbocycles. The first-order valence-corrected chi connectivity index (χ1v) is 6.99. The molecule has 1 atom stereocenters. The fourth-order valence-corrected chi connectivity index (χ4v) is 2.62. The molecule has 1 unspecified atom stereocenters. The number of carboxylic acids is 1. The van der Waals surface area contributed by atoms with Gasteiger partial charge in [-0.2, -0.15) is 0 Å². The summed E-state index contributed by atoms with van der Waals surface area (Å²) in [6.07, 6.45) is 2.11. The summed E-state index contributed by atoms with van der Waals surface area (Å²) >= 11 is 1.52. The molecular formula is C14H16N2O2S. The number of carbonyl (C=O) groups is 1. The number of aliphatic imine (C=N–C) groups is 1. The van der Waals surface area contributed by atoms with E-state index in [0.29, 0.717) is 12.3 Å². The number of carboxylic acid groups (broad SMARTS) is 1. The molecule has 1 aromatic heterocycles. The lowest BCUT2D eigenvalue weighted by molar-refractivity contribution is -0.138. The van der Waals surface area contributed by atoms with Crippen LogP contribution in [0.1, 0.15) is 25.3 Å². The SMILES string of the molecule is CC(C)CC(N=Cc1nc2ccccc2s1)C(=O)O. The van der Waals surface area contributed by atoms with Gasteiger partial charge in [0.05, 0.1) is 16.4 Å². The molecule has 19 heavy (non-hydrogen) atoms. The van der Waals surface area contributed by atoms with E-state index in [1.807, 2.05) is 38.1 Å². The number of hydrogen-bond acceptors (Lipinski definition) is 4. The van der Waals surface area contributed by atoms with E-state index in [1.54, 1.807) is 6.21 Å². The zero-order valence-corrected chi connectivity index (χ0v) is 11.7. The molecule has 1 aromatic carbocycles. The molecule has 0 radical (unpaired) electrons. The average Bonchev–Trinajstić information content (AvgIpc) is 2.76. The van der Waals surface area contributed by atoms with E-state index in [-0.39, 0.29) is 0 Å². The summed E-state index contributed by atoms with van der Waals surface area (Å²) in [4.78, 5) is 19.6. The minimum absolute atomic E-state index is 0.300. The van der Waals surface area contributed by atoms with Crippen molar-refractivity contribution in [2.45, 2.75) is 26.3 Å². The van der Waals surface area contributed by atoms with Crippen LogP contribution < -0.4 is 0 Å². The molecule has 100 valence electrons. The Bertz CT molecular complexity index is 571. The summed E-state index contributed by atoms with van der Waals surface area (Å²) in [5.74, 6) is -0.584. The monoisotopic (exact) mass is 276 g/mol. The van der Waals surface area contributed by atoms with E-state index in [4.69, 9.17) is 5.11 Å². The Balaban J connectivity index is 2.17. The molecule has 0 fully saturated rings. The Morgan fingerprint density at radius 3 is 2.84 bits per heavy atom. The van der Waals surface area contributed by atoms with Crippen LogP contribution in [0.5, 0.6) is 0 Å². The largest absolute Gasteiger partial charge is 0.480 e. The number of rotatable bonds is 5. The van der Waals surface area contributed by atoms with E-state index in [0.717, 1.165) is 15.2 Å². The third kappa shape index (κ3) is 3.61. The van der Waals surface area contributed by atoms with Crippen LogP contribution in [0, 0.1) is 5.92 Å². The van der Waals surface area contributed by atoms with Crippen molar-refractivity contribution >= 4 is 33.7 Å². The van der Waals surface area contributed by atoms with Crippen LogP contribution in [0.25, 0.3) is 10.2 Å². The lowest BCUT2D eigenvalue weighted by Crippen LogP contribution is -2.20. The van der Waals surface area contributed by atoms with E-state index in [1.165, 1.54) is 11.3 Å².